The van der Waals surface area contributed by atoms with E-state index in [-0.39, 0.29) is 0 Å². The van der Waals surface area contributed by atoms with Crippen molar-refractivity contribution in [3.63, 3.8) is 0 Å². The molecule has 94 valence electrons. The Labute approximate surface area is 99.3 Å². The highest BCUT2D eigenvalue weighted by atomic mass is 16.5. The van der Waals surface area contributed by atoms with Gasteiger partial charge in [-0.05, 0) is 51.1 Å². The molecule has 16 heavy (non-hydrogen) atoms. The second-order valence-corrected chi connectivity index (χ2v) is 5.15. The fourth-order valence-corrected chi connectivity index (χ4v) is 2.92. The van der Waals surface area contributed by atoms with Gasteiger partial charge >= 0.3 is 0 Å². The monoisotopic (exact) mass is 226 g/mol. The molecule has 2 aliphatic heterocycles. The largest absolute Gasteiger partial charge is 0.378 e. The van der Waals surface area contributed by atoms with Crippen molar-refractivity contribution in [2.45, 2.75) is 51.2 Å². The van der Waals surface area contributed by atoms with Gasteiger partial charge in [0.05, 0.1) is 6.10 Å². The van der Waals surface area contributed by atoms with Gasteiger partial charge in [-0.25, -0.2) is 0 Å². The summed E-state index contributed by atoms with van der Waals surface area (Å²) in [6, 6.07) is 0.730. The molecular formula is C13H26N2O. The number of rotatable bonds is 4. The zero-order valence-corrected chi connectivity index (χ0v) is 10.5. The van der Waals surface area contributed by atoms with Gasteiger partial charge in [0.25, 0.3) is 0 Å². The lowest BCUT2D eigenvalue weighted by Gasteiger charge is -2.21. The van der Waals surface area contributed by atoms with E-state index >= 15 is 0 Å². The van der Waals surface area contributed by atoms with Crippen molar-refractivity contribution in [3.8, 4) is 0 Å². The van der Waals surface area contributed by atoms with E-state index in [9.17, 15) is 0 Å². The van der Waals surface area contributed by atoms with Crippen molar-refractivity contribution in [2.24, 2.45) is 5.92 Å². The number of hydrogen-bond acceptors (Lipinski definition) is 3. The second-order valence-electron chi connectivity index (χ2n) is 5.15. The minimum absolute atomic E-state index is 0.511. The third kappa shape index (κ3) is 3.44. The first-order valence-corrected chi connectivity index (χ1v) is 6.96. The normalized spacial score (nSPS) is 36.2. The first-order valence-electron chi connectivity index (χ1n) is 6.96. The summed E-state index contributed by atoms with van der Waals surface area (Å²) in [5, 5.41) is 7.21. The van der Waals surface area contributed by atoms with E-state index < -0.39 is 0 Å². The van der Waals surface area contributed by atoms with Gasteiger partial charge in [0, 0.05) is 19.2 Å². The van der Waals surface area contributed by atoms with Crippen molar-refractivity contribution >= 4 is 0 Å². The average Bonchev–Trinajstić information content (AvgIpc) is 2.60. The Bertz CT molecular complexity index is 190. The molecule has 2 aliphatic rings. The van der Waals surface area contributed by atoms with Crippen LogP contribution >= 0.6 is 0 Å². The highest BCUT2D eigenvalue weighted by Crippen LogP contribution is 2.22. The molecule has 0 aromatic heterocycles. The molecule has 0 saturated carbocycles. The van der Waals surface area contributed by atoms with Gasteiger partial charge in [-0.3, -0.25) is 0 Å². The summed E-state index contributed by atoms with van der Waals surface area (Å²) in [7, 11) is 0. The third-order valence-electron chi connectivity index (χ3n) is 3.99. The summed E-state index contributed by atoms with van der Waals surface area (Å²) in [4.78, 5) is 0. The molecule has 2 heterocycles. The fraction of sp³-hybridized carbons (Fsp3) is 1.00. The van der Waals surface area contributed by atoms with Crippen molar-refractivity contribution in [2.75, 3.05) is 26.2 Å². The summed E-state index contributed by atoms with van der Waals surface area (Å²) in [6.45, 7) is 6.73. The molecule has 0 radical (unpaired) electrons. The predicted octanol–water partition coefficient (Wildman–Crippen LogP) is 1.53. The predicted molar refractivity (Wildman–Crippen MR) is 66.6 cm³/mol. The molecule has 0 amide bonds. The Hall–Kier alpha value is -0.120. The van der Waals surface area contributed by atoms with E-state index in [2.05, 4.69) is 17.6 Å². The molecule has 3 nitrogen and oxygen atoms in total. The maximum absolute atomic E-state index is 5.73. The van der Waals surface area contributed by atoms with Crippen LogP contribution in [0.5, 0.6) is 0 Å². The van der Waals surface area contributed by atoms with Crippen molar-refractivity contribution < 1.29 is 4.74 Å². The Morgan fingerprint density at radius 2 is 2.19 bits per heavy atom. The SMILES string of the molecule is CCC1OCCC1CNC1CCCNCC1. The van der Waals surface area contributed by atoms with Crippen LogP contribution in [0, 0.1) is 5.92 Å². The zero-order chi connectivity index (χ0) is 11.2. The van der Waals surface area contributed by atoms with Crippen LogP contribution in [0.25, 0.3) is 0 Å². The van der Waals surface area contributed by atoms with E-state index in [1.807, 2.05) is 0 Å². The zero-order valence-electron chi connectivity index (χ0n) is 10.5. The molecule has 0 aromatic rings. The first kappa shape index (κ1) is 12.3. The minimum Gasteiger partial charge on any atom is -0.378 e. The summed E-state index contributed by atoms with van der Waals surface area (Å²) < 4.78 is 5.73. The van der Waals surface area contributed by atoms with Crippen LogP contribution in [0.15, 0.2) is 0 Å². The summed E-state index contributed by atoms with van der Waals surface area (Å²) in [5.74, 6) is 0.751. The molecular weight excluding hydrogens is 200 g/mol. The van der Waals surface area contributed by atoms with Crippen LogP contribution in [0.1, 0.15) is 39.0 Å². The molecule has 3 atom stereocenters. The Morgan fingerprint density at radius 3 is 3.06 bits per heavy atom. The highest BCUT2D eigenvalue weighted by Gasteiger charge is 2.26. The number of ether oxygens (including phenoxy) is 1. The van der Waals surface area contributed by atoms with Crippen LogP contribution in [0.2, 0.25) is 0 Å². The van der Waals surface area contributed by atoms with Gasteiger partial charge in [-0.1, -0.05) is 6.92 Å². The highest BCUT2D eigenvalue weighted by molar-refractivity contribution is 4.80. The molecule has 0 spiro atoms. The van der Waals surface area contributed by atoms with E-state index in [0.717, 1.165) is 25.1 Å². The maximum Gasteiger partial charge on any atom is 0.0613 e. The summed E-state index contributed by atoms with van der Waals surface area (Å²) in [6.07, 6.45) is 6.85. The van der Waals surface area contributed by atoms with Gasteiger partial charge in [-0.2, -0.15) is 0 Å². The summed E-state index contributed by atoms with van der Waals surface area (Å²) >= 11 is 0. The summed E-state index contributed by atoms with van der Waals surface area (Å²) in [5.41, 5.74) is 0. The van der Waals surface area contributed by atoms with E-state index in [1.165, 1.54) is 45.2 Å². The molecule has 2 fully saturated rings. The van der Waals surface area contributed by atoms with Crippen LogP contribution in [-0.4, -0.2) is 38.4 Å². The van der Waals surface area contributed by atoms with Gasteiger partial charge in [0.1, 0.15) is 0 Å². The third-order valence-corrected chi connectivity index (χ3v) is 3.99. The van der Waals surface area contributed by atoms with Gasteiger partial charge < -0.3 is 15.4 Å². The number of hydrogen-bond donors (Lipinski definition) is 2. The fourth-order valence-electron chi connectivity index (χ4n) is 2.92. The lowest BCUT2D eigenvalue weighted by Crippen LogP contribution is -2.36. The Balaban J connectivity index is 1.69. The van der Waals surface area contributed by atoms with Gasteiger partial charge in [0.15, 0.2) is 0 Å². The molecule has 0 bridgehead atoms. The minimum atomic E-state index is 0.511. The van der Waals surface area contributed by atoms with E-state index in [1.54, 1.807) is 0 Å². The van der Waals surface area contributed by atoms with Crippen molar-refractivity contribution in [1.82, 2.24) is 10.6 Å². The van der Waals surface area contributed by atoms with Crippen LogP contribution in [0.3, 0.4) is 0 Å². The molecule has 3 heteroatoms. The Morgan fingerprint density at radius 1 is 1.25 bits per heavy atom. The molecule has 2 saturated heterocycles. The van der Waals surface area contributed by atoms with Crippen LogP contribution < -0.4 is 10.6 Å². The van der Waals surface area contributed by atoms with Crippen molar-refractivity contribution in [1.29, 1.82) is 0 Å². The first-order chi connectivity index (χ1) is 7.90. The standard InChI is InChI=1S/C13H26N2O/c1-2-13-11(6-9-16-13)10-15-12-4-3-7-14-8-5-12/h11-15H,2-10H2,1H3. The molecule has 0 aromatic carbocycles. The molecule has 2 N–H and O–H groups in total. The second kappa shape index (κ2) is 6.58. The van der Waals surface area contributed by atoms with Crippen LogP contribution in [-0.2, 0) is 4.74 Å². The Kier molecular flexibility index (Phi) is 5.07. The van der Waals surface area contributed by atoms with Crippen molar-refractivity contribution in [3.05, 3.63) is 0 Å². The molecule has 0 aliphatic carbocycles. The molecule has 2 rings (SSSR count). The van der Waals surface area contributed by atoms with E-state index in [0.29, 0.717) is 6.10 Å². The number of nitrogens with one attached hydrogen (secondary N) is 2. The lowest BCUT2D eigenvalue weighted by atomic mass is 9.98. The van der Waals surface area contributed by atoms with E-state index in [4.69, 9.17) is 4.74 Å². The van der Waals surface area contributed by atoms with Crippen LogP contribution in [0.4, 0.5) is 0 Å². The van der Waals surface area contributed by atoms with Gasteiger partial charge in [-0.15, -0.1) is 0 Å². The van der Waals surface area contributed by atoms with Gasteiger partial charge in [0.2, 0.25) is 0 Å². The average molecular weight is 226 g/mol. The topological polar surface area (TPSA) is 33.3 Å². The molecule has 3 unspecified atom stereocenters. The lowest BCUT2D eigenvalue weighted by molar-refractivity contribution is 0.0865. The maximum atomic E-state index is 5.73. The smallest absolute Gasteiger partial charge is 0.0613 e. The quantitative estimate of drug-likeness (QED) is 0.763.